The molecule has 6 nitrogen and oxygen atoms in total. The minimum atomic E-state index is -0.709. The van der Waals surface area contributed by atoms with Crippen molar-refractivity contribution >= 4 is 40.3 Å². The summed E-state index contributed by atoms with van der Waals surface area (Å²) in [5.74, 6) is -1.39. The van der Waals surface area contributed by atoms with Crippen molar-refractivity contribution < 1.29 is 9.59 Å². The van der Waals surface area contributed by atoms with Crippen LogP contribution in [-0.2, 0) is 9.59 Å². The summed E-state index contributed by atoms with van der Waals surface area (Å²) in [6, 6.07) is 21.7. The molecule has 0 aliphatic heterocycles. The first-order valence-corrected chi connectivity index (χ1v) is 10.4. The fraction of sp³-hybridized carbons (Fsp3) is 0.200. The summed E-state index contributed by atoms with van der Waals surface area (Å²) in [6.07, 6.45) is 0. The van der Waals surface area contributed by atoms with Crippen molar-refractivity contribution in [2.24, 2.45) is 0 Å². The maximum Gasteiger partial charge on any atom is 0.321 e. The van der Waals surface area contributed by atoms with Gasteiger partial charge in [0.15, 0.2) is 0 Å². The summed E-state index contributed by atoms with van der Waals surface area (Å²) >= 11 is 0. The van der Waals surface area contributed by atoms with E-state index in [1.165, 1.54) is 4.90 Å². The number of nitrogens with one attached hydrogen (secondary N) is 1. The van der Waals surface area contributed by atoms with Gasteiger partial charge >= 0.3 is 11.8 Å². The van der Waals surface area contributed by atoms with E-state index < -0.39 is 11.8 Å². The molecule has 3 aromatic rings. The van der Waals surface area contributed by atoms with Gasteiger partial charge in [0, 0.05) is 41.5 Å². The minimum absolute atomic E-state index is 0.564. The number of amides is 2. The van der Waals surface area contributed by atoms with Gasteiger partial charge < -0.3 is 16.0 Å². The third-order valence-corrected chi connectivity index (χ3v) is 5.15. The van der Waals surface area contributed by atoms with E-state index in [0.29, 0.717) is 22.7 Å². The molecule has 0 aliphatic rings. The maximum absolute atomic E-state index is 13.2. The molecule has 0 bridgehead atoms. The van der Waals surface area contributed by atoms with Gasteiger partial charge in [0.25, 0.3) is 0 Å². The highest BCUT2D eigenvalue weighted by Gasteiger charge is 2.25. The van der Waals surface area contributed by atoms with Crippen LogP contribution in [0, 0.1) is 6.92 Å². The van der Waals surface area contributed by atoms with E-state index in [9.17, 15) is 9.59 Å². The van der Waals surface area contributed by atoms with Gasteiger partial charge in [-0.15, -0.1) is 0 Å². The van der Waals surface area contributed by atoms with Gasteiger partial charge in [0.1, 0.15) is 0 Å². The van der Waals surface area contributed by atoms with Crippen molar-refractivity contribution in [3.05, 3.63) is 78.4 Å². The molecule has 0 fully saturated rings. The average molecular weight is 417 g/mol. The maximum atomic E-state index is 13.2. The zero-order chi connectivity index (χ0) is 22.4. The third kappa shape index (κ3) is 5.04. The number of nitrogen functional groups attached to an aromatic ring is 1. The molecule has 0 aromatic heterocycles. The van der Waals surface area contributed by atoms with Crippen molar-refractivity contribution in [1.82, 2.24) is 0 Å². The number of para-hydroxylation sites is 1. The Labute approximate surface area is 183 Å². The number of nitrogens with two attached hydrogens (primary N) is 1. The Morgan fingerprint density at radius 1 is 0.839 bits per heavy atom. The molecular weight excluding hydrogens is 388 g/mol. The lowest BCUT2D eigenvalue weighted by Gasteiger charge is -2.24. The Balaban J connectivity index is 1.87. The van der Waals surface area contributed by atoms with Crippen molar-refractivity contribution in [2.75, 3.05) is 33.9 Å². The summed E-state index contributed by atoms with van der Waals surface area (Å²) in [6.45, 7) is 7.91. The molecule has 0 saturated heterocycles. The van der Waals surface area contributed by atoms with Gasteiger partial charge in [-0.2, -0.15) is 0 Å². The zero-order valence-corrected chi connectivity index (χ0v) is 18.1. The smallest absolute Gasteiger partial charge is 0.321 e. The quantitative estimate of drug-likeness (QED) is 0.450. The Morgan fingerprint density at radius 3 is 2.00 bits per heavy atom. The molecule has 31 heavy (non-hydrogen) atoms. The van der Waals surface area contributed by atoms with E-state index in [1.54, 1.807) is 36.4 Å². The molecule has 0 unspecified atom stereocenters. The van der Waals surface area contributed by atoms with Gasteiger partial charge in [0.05, 0.1) is 0 Å². The second-order valence-corrected chi connectivity index (χ2v) is 7.19. The Morgan fingerprint density at radius 2 is 1.42 bits per heavy atom. The first-order chi connectivity index (χ1) is 14.9. The summed E-state index contributed by atoms with van der Waals surface area (Å²) in [4.78, 5) is 29.7. The Hall–Kier alpha value is -3.80. The molecule has 3 rings (SSSR count). The van der Waals surface area contributed by atoms with Crippen LogP contribution in [-0.4, -0.2) is 24.9 Å². The van der Waals surface area contributed by atoms with Crippen LogP contribution in [0.15, 0.2) is 72.8 Å². The van der Waals surface area contributed by atoms with Gasteiger partial charge in [-0.3, -0.25) is 14.5 Å². The van der Waals surface area contributed by atoms with Crippen molar-refractivity contribution in [3.8, 4) is 0 Å². The average Bonchev–Trinajstić information content (AvgIpc) is 2.78. The number of aryl methyl sites for hydroxylation is 1. The lowest BCUT2D eigenvalue weighted by Crippen LogP contribution is -2.37. The predicted octanol–water partition coefficient (Wildman–Crippen LogP) is 4.73. The van der Waals surface area contributed by atoms with Crippen LogP contribution in [0.3, 0.4) is 0 Å². The highest BCUT2D eigenvalue weighted by Crippen LogP contribution is 2.27. The van der Waals surface area contributed by atoms with Gasteiger partial charge in [0.2, 0.25) is 0 Å². The van der Waals surface area contributed by atoms with Gasteiger partial charge in [-0.1, -0.05) is 18.2 Å². The van der Waals surface area contributed by atoms with E-state index in [1.807, 2.05) is 43.3 Å². The predicted molar refractivity (Wildman–Crippen MR) is 128 cm³/mol. The fourth-order valence-electron chi connectivity index (χ4n) is 3.43. The third-order valence-electron chi connectivity index (χ3n) is 5.15. The van der Waals surface area contributed by atoms with E-state index >= 15 is 0 Å². The van der Waals surface area contributed by atoms with Crippen LogP contribution in [0.2, 0.25) is 0 Å². The van der Waals surface area contributed by atoms with E-state index in [2.05, 4.69) is 24.1 Å². The fourth-order valence-corrected chi connectivity index (χ4v) is 3.43. The van der Waals surface area contributed by atoms with E-state index in [0.717, 1.165) is 24.3 Å². The van der Waals surface area contributed by atoms with Crippen LogP contribution in [0.4, 0.5) is 28.4 Å². The summed E-state index contributed by atoms with van der Waals surface area (Å²) in [7, 11) is 0. The van der Waals surface area contributed by atoms with Crippen LogP contribution < -0.4 is 20.9 Å². The van der Waals surface area contributed by atoms with Crippen LogP contribution >= 0.6 is 0 Å². The normalized spacial score (nSPS) is 10.4. The Kier molecular flexibility index (Phi) is 6.92. The second kappa shape index (κ2) is 9.80. The van der Waals surface area contributed by atoms with E-state index in [4.69, 9.17) is 5.73 Å². The standard InChI is InChI=1S/C25H28N4O2/c1-4-28(5-2)22-15-16-23(18(3)17-22)27-24(30)25(31)29(20-9-7-6-8-10-20)21-13-11-19(26)12-14-21/h6-17H,4-5,26H2,1-3H3,(H,27,30). The SMILES string of the molecule is CCN(CC)c1ccc(NC(=O)C(=O)N(c2ccccc2)c2ccc(N)cc2)c(C)c1. The number of carbonyl (C=O) groups excluding carboxylic acids is 2. The monoisotopic (exact) mass is 416 g/mol. The van der Waals surface area contributed by atoms with Crippen molar-refractivity contribution in [1.29, 1.82) is 0 Å². The molecular formula is C25H28N4O2. The number of benzene rings is 3. The lowest BCUT2D eigenvalue weighted by molar-refractivity contribution is -0.134. The van der Waals surface area contributed by atoms with E-state index in [-0.39, 0.29) is 0 Å². The molecule has 0 radical (unpaired) electrons. The molecule has 0 atom stereocenters. The number of anilines is 5. The molecule has 160 valence electrons. The molecule has 0 saturated carbocycles. The molecule has 3 aromatic carbocycles. The number of carbonyl (C=O) groups is 2. The molecule has 3 N–H and O–H groups in total. The second-order valence-electron chi connectivity index (χ2n) is 7.19. The molecule has 0 spiro atoms. The first kappa shape index (κ1) is 21.9. The first-order valence-electron chi connectivity index (χ1n) is 10.4. The molecule has 6 heteroatoms. The van der Waals surface area contributed by atoms with Crippen molar-refractivity contribution in [2.45, 2.75) is 20.8 Å². The van der Waals surface area contributed by atoms with Gasteiger partial charge in [-0.05, 0) is 80.9 Å². The minimum Gasteiger partial charge on any atom is -0.399 e. The number of hydrogen-bond acceptors (Lipinski definition) is 4. The zero-order valence-electron chi connectivity index (χ0n) is 18.1. The number of nitrogens with zero attached hydrogens (tertiary/aromatic N) is 2. The van der Waals surface area contributed by atoms with Crippen LogP contribution in [0.1, 0.15) is 19.4 Å². The number of rotatable bonds is 6. The summed E-state index contributed by atoms with van der Waals surface area (Å²) < 4.78 is 0. The lowest BCUT2D eigenvalue weighted by atomic mass is 10.1. The summed E-state index contributed by atoms with van der Waals surface area (Å²) in [5.41, 5.74) is 10.1. The van der Waals surface area contributed by atoms with Crippen LogP contribution in [0.25, 0.3) is 0 Å². The summed E-state index contributed by atoms with van der Waals surface area (Å²) in [5, 5.41) is 2.77. The molecule has 2 amide bonds. The Bertz CT molecular complexity index is 1040. The molecule has 0 aliphatic carbocycles. The molecule has 0 heterocycles. The van der Waals surface area contributed by atoms with Crippen molar-refractivity contribution in [3.63, 3.8) is 0 Å². The topological polar surface area (TPSA) is 78.7 Å². The number of hydrogen-bond donors (Lipinski definition) is 2. The largest absolute Gasteiger partial charge is 0.399 e. The highest BCUT2D eigenvalue weighted by atomic mass is 16.2. The van der Waals surface area contributed by atoms with Crippen LogP contribution in [0.5, 0.6) is 0 Å². The highest BCUT2D eigenvalue weighted by molar-refractivity contribution is 6.45. The van der Waals surface area contributed by atoms with Gasteiger partial charge in [-0.25, -0.2) is 0 Å².